The maximum atomic E-state index is 14.1. The van der Waals surface area contributed by atoms with Crippen molar-refractivity contribution in [3.05, 3.63) is 30.3 Å². The number of benzene rings is 1. The highest BCUT2D eigenvalue weighted by atomic mass is 19.1. The second-order valence-electron chi connectivity index (χ2n) is 5.96. The van der Waals surface area contributed by atoms with Crippen LogP contribution in [0.15, 0.2) is 24.5 Å². The highest BCUT2D eigenvalue weighted by molar-refractivity contribution is 5.90. The van der Waals surface area contributed by atoms with Gasteiger partial charge in [0.1, 0.15) is 12.1 Å². The number of carbonyl (C=O) groups is 1. The topological polar surface area (TPSA) is 79.2 Å². The van der Waals surface area contributed by atoms with Gasteiger partial charge in [0.05, 0.1) is 11.4 Å². The second-order valence-corrected chi connectivity index (χ2v) is 5.96. The Hall–Kier alpha value is -2.55. The first-order valence-electron chi connectivity index (χ1n) is 8.45. The molecule has 1 N–H and O–H groups in total. The lowest BCUT2D eigenvalue weighted by Gasteiger charge is -2.26. The number of carbonyl (C=O) groups excluding carboxylic acids is 1. The third-order valence-electron chi connectivity index (χ3n) is 4.58. The molecule has 0 saturated carbocycles. The van der Waals surface area contributed by atoms with Gasteiger partial charge in [-0.15, -0.1) is 5.10 Å². The van der Waals surface area contributed by atoms with Crippen molar-refractivity contribution in [2.24, 2.45) is 0 Å². The van der Waals surface area contributed by atoms with E-state index >= 15 is 0 Å². The number of halogens is 1. The molecular weight excluding hydrogens is 325 g/mol. The van der Waals surface area contributed by atoms with E-state index in [-0.39, 0.29) is 11.7 Å². The molecule has 1 aromatic heterocycles. The molecule has 2 heterocycles. The molecule has 0 bridgehead atoms. The number of tetrazole rings is 1. The number of nitrogens with one attached hydrogen (secondary N) is 1. The average Bonchev–Trinajstić information content (AvgIpc) is 3.30. The molecular formula is C16H22FN7O. The molecule has 0 radical (unpaired) electrons. The van der Waals surface area contributed by atoms with Crippen molar-refractivity contribution in [2.45, 2.75) is 26.3 Å². The third kappa shape index (κ3) is 3.76. The third-order valence-corrected chi connectivity index (χ3v) is 4.58. The van der Waals surface area contributed by atoms with Crippen molar-refractivity contribution in [3.63, 3.8) is 0 Å². The van der Waals surface area contributed by atoms with E-state index in [2.05, 4.69) is 39.6 Å². The normalized spacial score (nSPS) is 17.3. The average molecular weight is 347 g/mol. The smallest absolute Gasteiger partial charge is 0.321 e. The molecule has 1 aliphatic rings. The van der Waals surface area contributed by atoms with E-state index in [1.54, 1.807) is 11.0 Å². The maximum absolute atomic E-state index is 14.1. The number of urea groups is 1. The van der Waals surface area contributed by atoms with Crippen molar-refractivity contribution < 1.29 is 9.18 Å². The van der Waals surface area contributed by atoms with Crippen molar-refractivity contribution >= 4 is 11.7 Å². The lowest BCUT2D eigenvalue weighted by molar-refractivity contribution is 0.202. The van der Waals surface area contributed by atoms with Crippen LogP contribution in [-0.2, 0) is 0 Å². The minimum atomic E-state index is -0.496. The monoisotopic (exact) mass is 347 g/mol. The number of nitrogens with zero attached hydrogens (tertiary/aromatic N) is 6. The van der Waals surface area contributed by atoms with Gasteiger partial charge in [0, 0.05) is 19.1 Å². The lowest BCUT2D eigenvalue weighted by atomic mass is 10.2. The number of aromatic nitrogens is 4. The molecule has 2 aromatic rings. The minimum Gasteiger partial charge on any atom is -0.323 e. The molecule has 1 aliphatic heterocycles. The predicted molar refractivity (Wildman–Crippen MR) is 91.0 cm³/mol. The van der Waals surface area contributed by atoms with E-state index < -0.39 is 5.82 Å². The van der Waals surface area contributed by atoms with Gasteiger partial charge in [-0.2, -0.15) is 0 Å². The number of anilines is 1. The summed E-state index contributed by atoms with van der Waals surface area (Å²) in [6, 6.07) is 4.42. The van der Waals surface area contributed by atoms with E-state index in [0.717, 1.165) is 19.5 Å². The number of likely N-dealkylation sites (tertiary alicyclic amines) is 1. The van der Waals surface area contributed by atoms with Crippen molar-refractivity contribution in [3.8, 4) is 5.69 Å². The number of hydrogen-bond acceptors (Lipinski definition) is 5. The van der Waals surface area contributed by atoms with Gasteiger partial charge in [-0.3, -0.25) is 4.90 Å². The summed E-state index contributed by atoms with van der Waals surface area (Å²) in [6.07, 6.45) is 2.34. The summed E-state index contributed by atoms with van der Waals surface area (Å²) in [5.41, 5.74) is 0.688. The molecule has 8 nitrogen and oxygen atoms in total. The fourth-order valence-corrected chi connectivity index (χ4v) is 3.19. The van der Waals surface area contributed by atoms with Crippen LogP contribution in [0.25, 0.3) is 5.69 Å². The van der Waals surface area contributed by atoms with Crippen LogP contribution < -0.4 is 5.32 Å². The Morgan fingerprint density at radius 3 is 2.88 bits per heavy atom. The van der Waals surface area contributed by atoms with Gasteiger partial charge in [-0.05, 0) is 48.1 Å². The van der Waals surface area contributed by atoms with Gasteiger partial charge in [0.2, 0.25) is 0 Å². The zero-order chi connectivity index (χ0) is 17.8. The number of likely N-dealkylation sites (N-methyl/N-ethyl adjacent to an activating group) is 1. The quantitative estimate of drug-likeness (QED) is 0.891. The van der Waals surface area contributed by atoms with Crippen molar-refractivity contribution in [2.75, 3.05) is 31.5 Å². The van der Waals surface area contributed by atoms with E-state index in [1.807, 2.05) is 0 Å². The van der Waals surface area contributed by atoms with Crippen LogP contribution in [0.4, 0.5) is 14.9 Å². The van der Waals surface area contributed by atoms with E-state index in [0.29, 0.717) is 24.8 Å². The molecule has 0 spiro atoms. The second kappa shape index (κ2) is 7.56. The Labute approximate surface area is 145 Å². The summed E-state index contributed by atoms with van der Waals surface area (Å²) in [4.78, 5) is 16.6. The summed E-state index contributed by atoms with van der Waals surface area (Å²) >= 11 is 0. The maximum Gasteiger partial charge on any atom is 0.321 e. The number of rotatable bonds is 5. The largest absolute Gasteiger partial charge is 0.323 e. The van der Waals surface area contributed by atoms with Gasteiger partial charge < -0.3 is 10.2 Å². The Morgan fingerprint density at radius 1 is 1.40 bits per heavy atom. The highest BCUT2D eigenvalue weighted by Gasteiger charge is 2.29. The predicted octanol–water partition coefficient (Wildman–Crippen LogP) is 1.75. The summed E-state index contributed by atoms with van der Waals surface area (Å²) in [5, 5.41) is 13.5. The fourth-order valence-electron chi connectivity index (χ4n) is 3.19. The summed E-state index contributed by atoms with van der Waals surface area (Å²) in [6.45, 7) is 7.47. The molecule has 1 aromatic carbocycles. The van der Waals surface area contributed by atoms with Crippen LogP contribution in [0.2, 0.25) is 0 Å². The van der Waals surface area contributed by atoms with Crippen molar-refractivity contribution in [1.29, 1.82) is 0 Å². The molecule has 1 atom stereocenters. The first kappa shape index (κ1) is 17.3. The molecule has 2 amide bonds. The van der Waals surface area contributed by atoms with Crippen LogP contribution >= 0.6 is 0 Å². The minimum absolute atomic E-state index is 0.115. The van der Waals surface area contributed by atoms with Crippen LogP contribution in [-0.4, -0.2) is 68.3 Å². The first-order chi connectivity index (χ1) is 12.1. The number of hydrogen-bond donors (Lipinski definition) is 1. The van der Waals surface area contributed by atoms with Gasteiger partial charge in [-0.1, -0.05) is 13.8 Å². The lowest BCUT2D eigenvalue weighted by Crippen LogP contribution is -2.39. The van der Waals surface area contributed by atoms with Gasteiger partial charge in [0.25, 0.3) is 0 Å². The SMILES string of the molecule is CCN(CC)[C@@H]1CCN(C(=O)Nc2cc(-n3cnnn3)ccc2F)C1. The highest BCUT2D eigenvalue weighted by Crippen LogP contribution is 2.21. The zero-order valence-corrected chi connectivity index (χ0v) is 14.4. The molecule has 0 aliphatic carbocycles. The van der Waals surface area contributed by atoms with Gasteiger partial charge >= 0.3 is 6.03 Å². The molecule has 9 heteroatoms. The van der Waals surface area contributed by atoms with Crippen LogP contribution in [0, 0.1) is 5.82 Å². The van der Waals surface area contributed by atoms with Gasteiger partial charge in [0.15, 0.2) is 0 Å². The van der Waals surface area contributed by atoms with Crippen molar-refractivity contribution in [1.82, 2.24) is 30.0 Å². The van der Waals surface area contributed by atoms with Crippen LogP contribution in [0.3, 0.4) is 0 Å². The number of amides is 2. The molecule has 134 valence electrons. The fraction of sp³-hybridized carbons (Fsp3) is 0.500. The Bertz CT molecular complexity index is 717. The summed E-state index contributed by atoms with van der Waals surface area (Å²) < 4.78 is 15.5. The molecule has 0 unspecified atom stereocenters. The molecule has 1 fully saturated rings. The van der Waals surface area contributed by atoms with E-state index in [1.165, 1.54) is 23.1 Å². The zero-order valence-electron chi connectivity index (χ0n) is 14.4. The van der Waals surface area contributed by atoms with E-state index in [4.69, 9.17) is 0 Å². The van der Waals surface area contributed by atoms with Crippen LogP contribution in [0.1, 0.15) is 20.3 Å². The van der Waals surface area contributed by atoms with Crippen LogP contribution in [0.5, 0.6) is 0 Å². The molecule has 3 rings (SSSR count). The Morgan fingerprint density at radius 2 is 2.20 bits per heavy atom. The molecule has 25 heavy (non-hydrogen) atoms. The standard InChI is InChI=1S/C16H22FN7O/c1-3-22(4-2)13-7-8-23(10-13)16(25)19-15-9-12(5-6-14(15)17)24-11-18-20-21-24/h5-6,9,11,13H,3-4,7-8,10H2,1-2H3,(H,19,25)/t13-/m1/s1. The Balaban J connectivity index is 1.68. The summed E-state index contributed by atoms with van der Waals surface area (Å²) in [7, 11) is 0. The van der Waals surface area contributed by atoms with E-state index in [9.17, 15) is 9.18 Å². The first-order valence-corrected chi connectivity index (χ1v) is 8.45. The van der Waals surface area contributed by atoms with Gasteiger partial charge in [-0.25, -0.2) is 13.9 Å². The Kier molecular flexibility index (Phi) is 5.22. The molecule has 1 saturated heterocycles. The summed E-state index contributed by atoms with van der Waals surface area (Å²) in [5.74, 6) is -0.496.